The molecule has 0 nitrogen and oxygen atoms in total. The number of benzene rings is 1. The highest BCUT2D eigenvalue weighted by Gasteiger charge is 2.13. The van der Waals surface area contributed by atoms with E-state index in [4.69, 9.17) is 0 Å². The molecule has 0 saturated carbocycles. The van der Waals surface area contributed by atoms with Crippen molar-refractivity contribution in [3.05, 3.63) is 33.8 Å². The molecule has 0 unspecified atom stereocenters. The summed E-state index contributed by atoms with van der Waals surface area (Å²) >= 11 is 5.80. The van der Waals surface area contributed by atoms with Gasteiger partial charge in [0.25, 0.3) is 0 Å². The standard InChI is InChI=1S/C18H18S3/c1-2-3-4-5-6-12-11-15-17-13(7-9-20-17)16-14(8-10-19-16)18(15)21-12/h7-11H,2-6H2,1H3. The monoisotopic (exact) mass is 330 g/mol. The summed E-state index contributed by atoms with van der Waals surface area (Å²) < 4.78 is 4.46. The van der Waals surface area contributed by atoms with Crippen molar-refractivity contribution in [3.8, 4) is 0 Å². The first kappa shape index (κ1) is 13.7. The van der Waals surface area contributed by atoms with E-state index >= 15 is 0 Å². The van der Waals surface area contributed by atoms with E-state index < -0.39 is 0 Å². The largest absolute Gasteiger partial charge is 0.143 e. The van der Waals surface area contributed by atoms with Crippen molar-refractivity contribution in [3.63, 3.8) is 0 Å². The van der Waals surface area contributed by atoms with Crippen LogP contribution in [0.5, 0.6) is 0 Å². The topological polar surface area (TPSA) is 0 Å². The molecule has 3 aromatic heterocycles. The van der Waals surface area contributed by atoms with Gasteiger partial charge < -0.3 is 0 Å². The highest BCUT2D eigenvalue weighted by atomic mass is 32.1. The lowest BCUT2D eigenvalue weighted by atomic mass is 10.1. The summed E-state index contributed by atoms with van der Waals surface area (Å²) in [4.78, 5) is 1.56. The Labute approximate surface area is 137 Å². The van der Waals surface area contributed by atoms with Gasteiger partial charge in [0.1, 0.15) is 0 Å². The molecular formula is C18H18S3. The molecule has 0 spiro atoms. The summed E-state index contributed by atoms with van der Waals surface area (Å²) in [5.74, 6) is 0. The molecule has 0 aliphatic rings. The second-order valence-electron chi connectivity index (χ2n) is 5.59. The number of hydrogen-bond acceptors (Lipinski definition) is 3. The zero-order valence-electron chi connectivity index (χ0n) is 12.1. The lowest BCUT2D eigenvalue weighted by Crippen LogP contribution is -1.80. The van der Waals surface area contributed by atoms with Gasteiger partial charge in [0.05, 0.1) is 0 Å². The second-order valence-corrected chi connectivity index (χ2v) is 8.56. The molecule has 4 rings (SSSR count). The molecule has 0 bridgehead atoms. The van der Waals surface area contributed by atoms with Gasteiger partial charge in [-0.15, -0.1) is 34.0 Å². The van der Waals surface area contributed by atoms with Crippen molar-refractivity contribution in [1.29, 1.82) is 0 Å². The van der Waals surface area contributed by atoms with Crippen LogP contribution in [-0.4, -0.2) is 0 Å². The molecule has 3 heteroatoms. The lowest BCUT2D eigenvalue weighted by molar-refractivity contribution is 0.670. The Morgan fingerprint density at radius 3 is 2.29 bits per heavy atom. The van der Waals surface area contributed by atoms with Crippen LogP contribution in [0.25, 0.3) is 30.3 Å². The van der Waals surface area contributed by atoms with Gasteiger partial charge in [-0.1, -0.05) is 26.2 Å². The van der Waals surface area contributed by atoms with Crippen LogP contribution in [0.3, 0.4) is 0 Å². The van der Waals surface area contributed by atoms with Crippen LogP contribution in [0, 0.1) is 0 Å². The van der Waals surface area contributed by atoms with E-state index in [9.17, 15) is 0 Å². The van der Waals surface area contributed by atoms with Crippen LogP contribution >= 0.6 is 34.0 Å². The number of hydrogen-bond donors (Lipinski definition) is 0. The second kappa shape index (κ2) is 5.71. The highest BCUT2D eigenvalue weighted by Crippen LogP contribution is 2.43. The highest BCUT2D eigenvalue weighted by molar-refractivity contribution is 7.25. The van der Waals surface area contributed by atoms with Gasteiger partial charge in [-0.25, -0.2) is 0 Å². The number of aryl methyl sites for hydroxylation is 1. The third-order valence-electron chi connectivity index (χ3n) is 4.12. The third kappa shape index (κ3) is 2.32. The predicted octanol–water partition coefficient (Wildman–Crippen LogP) is 7.45. The smallest absolute Gasteiger partial charge is 0.0447 e. The molecular weight excluding hydrogens is 312 g/mol. The van der Waals surface area contributed by atoms with Crippen molar-refractivity contribution in [1.82, 2.24) is 0 Å². The van der Waals surface area contributed by atoms with E-state index in [2.05, 4.69) is 35.9 Å². The predicted molar refractivity (Wildman–Crippen MR) is 100 cm³/mol. The van der Waals surface area contributed by atoms with E-state index in [-0.39, 0.29) is 0 Å². The summed E-state index contributed by atoms with van der Waals surface area (Å²) in [6.07, 6.45) is 6.64. The molecule has 0 saturated heterocycles. The van der Waals surface area contributed by atoms with Gasteiger partial charge in [0, 0.05) is 35.1 Å². The fourth-order valence-electron chi connectivity index (χ4n) is 3.05. The zero-order chi connectivity index (χ0) is 14.2. The maximum Gasteiger partial charge on any atom is 0.0447 e. The van der Waals surface area contributed by atoms with E-state index in [0.717, 1.165) is 0 Å². The van der Waals surface area contributed by atoms with Crippen LogP contribution in [0.15, 0.2) is 29.0 Å². The number of unbranched alkanes of at least 4 members (excludes halogenated alkanes) is 3. The molecule has 4 aromatic rings. The lowest BCUT2D eigenvalue weighted by Gasteiger charge is -1.96. The van der Waals surface area contributed by atoms with Crippen molar-refractivity contribution < 1.29 is 0 Å². The van der Waals surface area contributed by atoms with Crippen molar-refractivity contribution in [2.24, 2.45) is 0 Å². The normalized spacial score (nSPS) is 12.0. The Hall–Kier alpha value is -0.900. The van der Waals surface area contributed by atoms with Crippen LogP contribution in [0.4, 0.5) is 0 Å². The van der Waals surface area contributed by atoms with Gasteiger partial charge in [-0.2, -0.15) is 0 Å². The molecule has 0 aliphatic heterocycles. The van der Waals surface area contributed by atoms with Crippen LogP contribution in [0.2, 0.25) is 0 Å². The molecule has 108 valence electrons. The maximum absolute atomic E-state index is 2.46. The van der Waals surface area contributed by atoms with Gasteiger partial charge >= 0.3 is 0 Å². The van der Waals surface area contributed by atoms with Gasteiger partial charge in [-0.3, -0.25) is 0 Å². The van der Waals surface area contributed by atoms with E-state index in [1.807, 2.05) is 34.0 Å². The minimum atomic E-state index is 1.25. The Morgan fingerprint density at radius 1 is 0.810 bits per heavy atom. The van der Waals surface area contributed by atoms with Crippen molar-refractivity contribution in [2.45, 2.75) is 39.0 Å². The summed E-state index contributed by atoms with van der Waals surface area (Å²) in [6.45, 7) is 2.28. The molecule has 0 radical (unpaired) electrons. The van der Waals surface area contributed by atoms with Gasteiger partial charge in [-0.05, 0) is 41.8 Å². The molecule has 21 heavy (non-hydrogen) atoms. The first-order valence-electron chi connectivity index (χ1n) is 7.67. The first-order valence-corrected chi connectivity index (χ1v) is 10.2. The quantitative estimate of drug-likeness (QED) is 0.333. The average molecular weight is 331 g/mol. The number of thiophene rings is 3. The summed E-state index contributed by atoms with van der Waals surface area (Å²) in [5, 5.41) is 8.88. The fraction of sp³-hybridized carbons (Fsp3) is 0.333. The SMILES string of the molecule is CCCCCCc1cc2c3sccc3c3sccc3c2s1. The molecule has 0 aliphatic carbocycles. The van der Waals surface area contributed by atoms with Gasteiger partial charge in [0.15, 0.2) is 0 Å². The Morgan fingerprint density at radius 2 is 1.52 bits per heavy atom. The Bertz CT molecular complexity index is 824. The maximum atomic E-state index is 2.46. The molecule has 0 amide bonds. The molecule has 3 heterocycles. The Kier molecular flexibility index (Phi) is 3.74. The minimum Gasteiger partial charge on any atom is -0.143 e. The van der Waals surface area contributed by atoms with E-state index in [0.29, 0.717) is 0 Å². The van der Waals surface area contributed by atoms with Gasteiger partial charge in [0.2, 0.25) is 0 Å². The van der Waals surface area contributed by atoms with E-state index in [1.165, 1.54) is 62.4 Å². The van der Waals surface area contributed by atoms with Crippen LogP contribution < -0.4 is 0 Å². The van der Waals surface area contributed by atoms with Crippen LogP contribution in [0.1, 0.15) is 37.5 Å². The fourth-order valence-corrected chi connectivity index (χ4v) is 6.34. The zero-order valence-corrected chi connectivity index (χ0v) is 14.6. The summed E-state index contributed by atoms with van der Waals surface area (Å²) in [5.41, 5.74) is 0. The number of rotatable bonds is 5. The minimum absolute atomic E-state index is 1.25. The molecule has 0 atom stereocenters. The summed E-state index contributed by atoms with van der Waals surface area (Å²) in [6, 6.07) is 7.05. The molecule has 0 N–H and O–H groups in total. The van der Waals surface area contributed by atoms with Crippen molar-refractivity contribution in [2.75, 3.05) is 0 Å². The third-order valence-corrected chi connectivity index (χ3v) is 7.25. The Balaban J connectivity index is 1.82. The molecule has 0 fully saturated rings. The van der Waals surface area contributed by atoms with Crippen molar-refractivity contribution >= 4 is 64.3 Å². The summed E-state index contributed by atoms with van der Waals surface area (Å²) in [7, 11) is 0. The first-order chi connectivity index (χ1) is 10.4. The van der Waals surface area contributed by atoms with Crippen LogP contribution in [-0.2, 0) is 6.42 Å². The molecule has 1 aromatic carbocycles. The number of fused-ring (bicyclic) bond motifs is 6. The average Bonchev–Trinajstić information content (AvgIpc) is 3.18. The van der Waals surface area contributed by atoms with E-state index in [1.54, 1.807) is 4.88 Å².